The van der Waals surface area contributed by atoms with Gasteiger partial charge in [0.2, 0.25) is 10.0 Å². The maximum Gasteiger partial charge on any atom is 0.211 e. The van der Waals surface area contributed by atoms with Crippen LogP contribution in [0.15, 0.2) is 24.3 Å². The van der Waals surface area contributed by atoms with Gasteiger partial charge in [-0.3, -0.25) is 0 Å². The van der Waals surface area contributed by atoms with Gasteiger partial charge < -0.3 is 5.73 Å². The molecule has 0 aromatic heterocycles. The molecule has 4 nitrogen and oxygen atoms in total. The van der Waals surface area contributed by atoms with Gasteiger partial charge in [0, 0.05) is 12.1 Å². The van der Waals surface area contributed by atoms with Gasteiger partial charge in [-0.05, 0) is 24.0 Å². The molecule has 0 fully saturated rings. The molecule has 19 heavy (non-hydrogen) atoms. The summed E-state index contributed by atoms with van der Waals surface area (Å²) in [5.74, 6) is 0.522. The zero-order valence-corrected chi connectivity index (χ0v) is 12.9. The molecule has 0 saturated carbocycles. The highest BCUT2D eigenvalue weighted by Gasteiger charge is 2.11. The number of thiocarbonyl (C=S) groups is 1. The van der Waals surface area contributed by atoms with E-state index in [2.05, 4.69) is 4.72 Å². The van der Waals surface area contributed by atoms with Gasteiger partial charge in [0.1, 0.15) is 4.99 Å². The summed E-state index contributed by atoms with van der Waals surface area (Å²) in [6, 6.07) is 7.26. The van der Waals surface area contributed by atoms with E-state index in [1.54, 1.807) is 12.1 Å². The second-order valence-electron chi connectivity index (χ2n) is 4.89. The molecule has 106 valence electrons. The Morgan fingerprint density at radius 2 is 2.11 bits per heavy atom. The van der Waals surface area contributed by atoms with Crippen LogP contribution in [0.2, 0.25) is 0 Å². The van der Waals surface area contributed by atoms with E-state index >= 15 is 0 Å². The Labute approximate surface area is 120 Å². The van der Waals surface area contributed by atoms with Crippen LogP contribution in [0.25, 0.3) is 0 Å². The molecule has 0 bridgehead atoms. The summed E-state index contributed by atoms with van der Waals surface area (Å²) in [6.07, 6.45) is 0.655. The summed E-state index contributed by atoms with van der Waals surface area (Å²) in [4.78, 5) is 0.310. The van der Waals surface area contributed by atoms with Gasteiger partial charge in [-0.15, -0.1) is 0 Å². The van der Waals surface area contributed by atoms with Crippen LogP contribution in [-0.2, 0) is 16.6 Å². The highest BCUT2D eigenvalue weighted by atomic mass is 32.2. The molecule has 0 radical (unpaired) electrons. The van der Waals surface area contributed by atoms with E-state index in [0.717, 1.165) is 11.1 Å². The fraction of sp³-hybridized carbons (Fsp3) is 0.462. The van der Waals surface area contributed by atoms with E-state index < -0.39 is 10.0 Å². The van der Waals surface area contributed by atoms with Crippen LogP contribution in [0.1, 0.15) is 31.4 Å². The summed E-state index contributed by atoms with van der Waals surface area (Å²) >= 11 is 4.89. The molecule has 6 heteroatoms. The maximum absolute atomic E-state index is 11.8. The minimum absolute atomic E-state index is 0.152. The van der Waals surface area contributed by atoms with Crippen molar-refractivity contribution in [3.8, 4) is 0 Å². The second-order valence-corrected chi connectivity index (χ2v) is 7.25. The molecule has 0 unspecified atom stereocenters. The predicted molar refractivity (Wildman–Crippen MR) is 82.4 cm³/mol. The van der Waals surface area contributed by atoms with Gasteiger partial charge in [-0.2, -0.15) is 0 Å². The van der Waals surface area contributed by atoms with Crippen molar-refractivity contribution in [2.75, 3.05) is 5.75 Å². The predicted octanol–water partition coefficient (Wildman–Crippen LogP) is 1.79. The van der Waals surface area contributed by atoms with Crippen LogP contribution in [0.4, 0.5) is 0 Å². The zero-order chi connectivity index (χ0) is 14.5. The Morgan fingerprint density at radius 1 is 1.42 bits per heavy atom. The van der Waals surface area contributed by atoms with Crippen molar-refractivity contribution in [2.24, 2.45) is 11.7 Å². The molecule has 1 aromatic carbocycles. The highest BCUT2D eigenvalue weighted by molar-refractivity contribution is 7.89. The quantitative estimate of drug-likeness (QED) is 0.753. The molecule has 0 spiro atoms. The highest BCUT2D eigenvalue weighted by Crippen LogP contribution is 2.07. The molecular formula is C13H20N2O2S2. The summed E-state index contributed by atoms with van der Waals surface area (Å²) in [5, 5.41) is 0. The molecule has 0 amide bonds. The van der Waals surface area contributed by atoms with Gasteiger partial charge >= 0.3 is 0 Å². The Morgan fingerprint density at radius 3 is 2.68 bits per heavy atom. The average Bonchev–Trinajstić information content (AvgIpc) is 2.35. The van der Waals surface area contributed by atoms with Crippen molar-refractivity contribution >= 4 is 27.2 Å². The zero-order valence-electron chi connectivity index (χ0n) is 11.2. The number of rotatable bonds is 7. The summed E-state index contributed by atoms with van der Waals surface area (Å²) in [6.45, 7) is 4.26. The van der Waals surface area contributed by atoms with Crippen LogP contribution < -0.4 is 10.5 Å². The molecule has 0 aliphatic rings. The Balaban J connectivity index is 2.61. The number of nitrogens with one attached hydrogen (secondary N) is 1. The van der Waals surface area contributed by atoms with Crippen molar-refractivity contribution in [2.45, 2.75) is 26.8 Å². The lowest BCUT2D eigenvalue weighted by atomic mass is 10.1. The number of benzene rings is 1. The monoisotopic (exact) mass is 300 g/mol. The molecule has 3 N–H and O–H groups in total. The van der Waals surface area contributed by atoms with Gasteiger partial charge in [-0.25, -0.2) is 13.1 Å². The smallest absolute Gasteiger partial charge is 0.211 e. The number of hydrogen-bond acceptors (Lipinski definition) is 3. The van der Waals surface area contributed by atoms with Crippen LogP contribution in [0.5, 0.6) is 0 Å². The standard InChI is InChI=1S/C13H20N2O2S2/c1-10(2)6-7-19(16,17)15-9-11-4-3-5-12(8-11)13(14)18/h3-5,8,10,15H,6-7,9H2,1-2H3,(H2,14,18). The fourth-order valence-corrected chi connectivity index (χ4v) is 2.93. The van der Waals surface area contributed by atoms with Crippen molar-refractivity contribution in [1.82, 2.24) is 4.72 Å². The molecule has 0 atom stereocenters. The molecular weight excluding hydrogens is 280 g/mol. The van der Waals surface area contributed by atoms with Gasteiger partial charge in [0.15, 0.2) is 0 Å². The third-order valence-electron chi connectivity index (χ3n) is 2.67. The van der Waals surface area contributed by atoms with E-state index in [9.17, 15) is 8.42 Å². The largest absolute Gasteiger partial charge is 0.389 e. The van der Waals surface area contributed by atoms with Crippen molar-refractivity contribution < 1.29 is 8.42 Å². The Bertz CT molecular complexity index is 539. The first-order valence-electron chi connectivity index (χ1n) is 6.16. The Kier molecular flexibility index (Phi) is 5.90. The lowest BCUT2D eigenvalue weighted by Gasteiger charge is -2.09. The van der Waals surface area contributed by atoms with Gasteiger partial charge in [-0.1, -0.05) is 44.3 Å². The van der Waals surface area contributed by atoms with Crippen molar-refractivity contribution in [3.05, 3.63) is 35.4 Å². The lowest BCUT2D eigenvalue weighted by molar-refractivity contribution is 0.561. The minimum Gasteiger partial charge on any atom is -0.389 e. The van der Waals surface area contributed by atoms with Crippen LogP contribution in [0.3, 0.4) is 0 Å². The van der Waals surface area contributed by atoms with Crippen LogP contribution in [0, 0.1) is 5.92 Å². The first-order valence-corrected chi connectivity index (χ1v) is 8.22. The van der Waals surface area contributed by atoms with Crippen molar-refractivity contribution in [3.63, 3.8) is 0 Å². The van der Waals surface area contributed by atoms with E-state index in [1.165, 1.54) is 0 Å². The summed E-state index contributed by atoms with van der Waals surface area (Å²) < 4.78 is 26.1. The average molecular weight is 300 g/mol. The third kappa shape index (κ3) is 6.13. The van der Waals surface area contributed by atoms with E-state index in [-0.39, 0.29) is 12.3 Å². The molecule has 0 saturated heterocycles. The van der Waals surface area contributed by atoms with Gasteiger partial charge in [0.05, 0.1) is 5.75 Å². The molecule has 0 heterocycles. The molecule has 1 aromatic rings. The summed E-state index contributed by atoms with van der Waals surface area (Å²) in [5.41, 5.74) is 7.13. The number of sulfonamides is 1. The van der Waals surface area contributed by atoms with Crippen LogP contribution >= 0.6 is 12.2 Å². The lowest BCUT2D eigenvalue weighted by Crippen LogP contribution is -2.26. The topological polar surface area (TPSA) is 72.2 Å². The first-order chi connectivity index (χ1) is 8.80. The van der Waals surface area contributed by atoms with Gasteiger partial charge in [0.25, 0.3) is 0 Å². The fourth-order valence-electron chi connectivity index (χ4n) is 1.49. The molecule has 0 aliphatic heterocycles. The van der Waals surface area contributed by atoms with E-state index in [0.29, 0.717) is 17.3 Å². The second kappa shape index (κ2) is 6.98. The van der Waals surface area contributed by atoms with Crippen molar-refractivity contribution in [1.29, 1.82) is 0 Å². The first kappa shape index (κ1) is 16.1. The molecule has 1 rings (SSSR count). The Hall–Kier alpha value is -0.980. The maximum atomic E-state index is 11.8. The number of nitrogens with two attached hydrogens (primary N) is 1. The van der Waals surface area contributed by atoms with E-state index in [4.69, 9.17) is 18.0 Å². The number of hydrogen-bond donors (Lipinski definition) is 2. The van der Waals surface area contributed by atoms with Crippen LogP contribution in [-0.4, -0.2) is 19.2 Å². The summed E-state index contributed by atoms with van der Waals surface area (Å²) in [7, 11) is -3.22. The SMILES string of the molecule is CC(C)CCS(=O)(=O)NCc1cccc(C(N)=S)c1. The minimum atomic E-state index is -3.22. The normalized spacial score (nSPS) is 11.7. The van der Waals surface area contributed by atoms with E-state index in [1.807, 2.05) is 26.0 Å². The molecule has 0 aliphatic carbocycles. The third-order valence-corrected chi connectivity index (χ3v) is 4.26.